The third-order valence-corrected chi connectivity index (χ3v) is 2.91. The third-order valence-electron chi connectivity index (χ3n) is 2.91. The number of ether oxygens (including phenoxy) is 2. The van der Waals surface area contributed by atoms with Gasteiger partial charge in [-0.2, -0.15) is 5.10 Å². The molecule has 0 unspecified atom stereocenters. The van der Waals surface area contributed by atoms with E-state index >= 15 is 0 Å². The van der Waals surface area contributed by atoms with Crippen molar-refractivity contribution in [2.24, 2.45) is 0 Å². The van der Waals surface area contributed by atoms with E-state index in [1.807, 2.05) is 6.07 Å². The number of rotatable bonds is 3. The first-order valence-electron chi connectivity index (χ1n) is 6.11. The van der Waals surface area contributed by atoms with Gasteiger partial charge in [0.1, 0.15) is 6.54 Å². The molecule has 2 heterocycles. The monoisotopic (exact) mass is 272 g/mol. The third kappa shape index (κ3) is 2.27. The van der Waals surface area contributed by atoms with Gasteiger partial charge in [-0.05, 0) is 31.2 Å². The van der Waals surface area contributed by atoms with E-state index in [1.165, 1.54) is 13.0 Å². The van der Waals surface area contributed by atoms with Crippen LogP contribution in [0.3, 0.4) is 0 Å². The summed E-state index contributed by atoms with van der Waals surface area (Å²) in [6, 6.07) is 8.44. The lowest BCUT2D eigenvalue weighted by Crippen LogP contribution is -2.25. The smallest absolute Gasteiger partial charge is 0.267 e. The summed E-state index contributed by atoms with van der Waals surface area (Å²) in [5, 5.41) is 4.20. The Morgan fingerprint density at radius 2 is 2.05 bits per heavy atom. The second kappa shape index (κ2) is 4.80. The normalized spacial score (nSPS) is 12.4. The number of Topliss-reactive ketones (excluding diaryl/α,β-unsaturated/α-hetero) is 1. The lowest BCUT2D eigenvalue weighted by atomic mass is 10.1. The maximum atomic E-state index is 11.6. The van der Waals surface area contributed by atoms with Crippen molar-refractivity contribution in [1.29, 1.82) is 0 Å². The fourth-order valence-electron chi connectivity index (χ4n) is 1.98. The minimum Gasteiger partial charge on any atom is -0.454 e. The van der Waals surface area contributed by atoms with E-state index in [4.69, 9.17) is 9.47 Å². The van der Waals surface area contributed by atoms with Crippen LogP contribution < -0.4 is 15.0 Å². The van der Waals surface area contributed by atoms with Crippen LogP contribution in [-0.2, 0) is 11.3 Å². The van der Waals surface area contributed by atoms with Gasteiger partial charge in [0.2, 0.25) is 6.79 Å². The average molecular weight is 272 g/mol. The Kier molecular flexibility index (Phi) is 2.98. The molecule has 0 saturated heterocycles. The highest BCUT2D eigenvalue weighted by Crippen LogP contribution is 2.35. The van der Waals surface area contributed by atoms with Crippen LogP contribution in [0.4, 0.5) is 0 Å². The molecule has 1 aromatic heterocycles. The number of carbonyl (C=O) groups excluding carboxylic acids is 1. The van der Waals surface area contributed by atoms with Gasteiger partial charge in [0.15, 0.2) is 17.3 Å². The summed E-state index contributed by atoms with van der Waals surface area (Å²) in [7, 11) is 0. The Morgan fingerprint density at radius 3 is 2.85 bits per heavy atom. The van der Waals surface area contributed by atoms with Gasteiger partial charge in [0, 0.05) is 11.6 Å². The number of carbonyl (C=O) groups is 1. The number of hydrogen-bond acceptors (Lipinski definition) is 5. The van der Waals surface area contributed by atoms with Crippen molar-refractivity contribution in [3.8, 4) is 22.8 Å². The molecular formula is C14H12N2O4. The first kappa shape index (κ1) is 12.4. The Balaban J connectivity index is 2.02. The number of aromatic nitrogens is 2. The van der Waals surface area contributed by atoms with Gasteiger partial charge in [-0.3, -0.25) is 9.59 Å². The fourth-order valence-corrected chi connectivity index (χ4v) is 1.98. The Morgan fingerprint density at radius 1 is 1.25 bits per heavy atom. The standard InChI is InChI=1S/C14H12N2O4/c1-9(17)7-16-14(18)5-3-11(15-16)10-2-4-12-13(6-10)20-8-19-12/h2-6H,7-8H2,1H3. The Hall–Kier alpha value is -2.63. The largest absolute Gasteiger partial charge is 0.454 e. The molecule has 0 amide bonds. The Bertz CT molecular complexity index is 736. The van der Waals surface area contributed by atoms with E-state index in [0.29, 0.717) is 17.2 Å². The molecule has 0 radical (unpaired) electrons. The van der Waals surface area contributed by atoms with Crippen molar-refractivity contribution in [2.75, 3.05) is 6.79 Å². The average Bonchev–Trinajstić information content (AvgIpc) is 2.88. The van der Waals surface area contributed by atoms with Gasteiger partial charge >= 0.3 is 0 Å². The zero-order valence-electron chi connectivity index (χ0n) is 10.8. The molecule has 0 aliphatic carbocycles. The molecule has 0 spiro atoms. The molecule has 0 atom stereocenters. The molecule has 2 aromatic rings. The molecule has 0 bridgehead atoms. The van der Waals surface area contributed by atoms with E-state index in [-0.39, 0.29) is 24.7 Å². The molecule has 6 nitrogen and oxygen atoms in total. The predicted octanol–water partition coefficient (Wildman–Crippen LogP) is 1.23. The van der Waals surface area contributed by atoms with Gasteiger partial charge in [-0.15, -0.1) is 0 Å². The highest BCUT2D eigenvalue weighted by atomic mass is 16.7. The Labute approximate surface area is 114 Å². The van der Waals surface area contributed by atoms with E-state index in [9.17, 15) is 9.59 Å². The second-order valence-electron chi connectivity index (χ2n) is 4.48. The number of benzene rings is 1. The maximum absolute atomic E-state index is 11.6. The van der Waals surface area contributed by atoms with Crippen molar-refractivity contribution in [2.45, 2.75) is 13.5 Å². The van der Waals surface area contributed by atoms with Crippen LogP contribution in [-0.4, -0.2) is 22.4 Å². The van der Waals surface area contributed by atoms with Gasteiger partial charge in [0.05, 0.1) is 5.69 Å². The molecule has 0 N–H and O–H groups in total. The summed E-state index contributed by atoms with van der Waals surface area (Å²) in [4.78, 5) is 22.8. The second-order valence-corrected chi connectivity index (χ2v) is 4.48. The van der Waals surface area contributed by atoms with Crippen LogP contribution in [0.25, 0.3) is 11.3 Å². The number of nitrogens with zero attached hydrogens (tertiary/aromatic N) is 2. The summed E-state index contributed by atoms with van der Waals surface area (Å²) in [6.45, 7) is 1.59. The van der Waals surface area contributed by atoms with Crippen LogP contribution in [0.15, 0.2) is 35.1 Å². The van der Waals surface area contributed by atoms with Crippen LogP contribution in [0.1, 0.15) is 6.92 Å². The molecule has 1 aromatic carbocycles. The topological polar surface area (TPSA) is 70.4 Å². The number of ketones is 1. The molecule has 0 saturated carbocycles. The van der Waals surface area contributed by atoms with E-state index in [0.717, 1.165) is 10.2 Å². The summed E-state index contributed by atoms with van der Waals surface area (Å²) in [6.07, 6.45) is 0. The molecular weight excluding hydrogens is 260 g/mol. The zero-order valence-corrected chi connectivity index (χ0v) is 10.8. The minimum absolute atomic E-state index is 0.0305. The quantitative estimate of drug-likeness (QED) is 0.840. The van der Waals surface area contributed by atoms with Crippen LogP contribution >= 0.6 is 0 Å². The molecule has 102 valence electrons. The molecule has 6 heteroatoms. The van der Waals surface area contributed by atoms with Crippen molar-refractivity contribution < 1.29 is 14.3 Å². The van der Waals surface area contributed by atoms with Crippen LogP contribution in [0.5, 0.6) is 11.5 Å². The maximum Gasteiger partial charge on any atom is 0.267 e. The van der Waals surface area contributed by atoms with Crippen molar-refractivity contribution in [3.05, 3.63) is 40.7 Å². The first-order chi connectivity index (χ1) is 9.63. The van der Waals surface area contributed by atoms with Crippen molar-refractivity contribution in [3.63, 3.8) is 0 Å². The molecule has 1 aliphatic heterocycles. The van der Waals surface area contributed by atoms with Gasteiger partial charge in [0.25, 0.3) is 5.56 Å². The van der Waals surface area contributed by atoms with E-state index in [1.54, 1.807) is 18.2 Å². The van der Waals surface area contributed by atoms with Crippen molar-refractivity contribution >= 4 is 5.78 Å². The zero-order chi connectivity index (χ0) is 14.1. The van der Waals surface area contributed by atoms with Crippen molar-refractivity contribution in [1.82, 2.24) is 9.78 Å². The van der Waals surface area contributed by atoms with Gasteiger partial charge in [-0.1, -0.05) is 0 Å². The van der Waals surface area contributed by atoms with Gasteiger partial charge in [-0.25, -0.2) is 4.68 Å². The van der Waals surface area contributed by atoms with E-state index < -0.39 is 0 Å². The first-order valence-corrected chi connectivity index (χ1v) is 6.11. The lowest BCUT2D eigenvalue weighted by Gasteiger charge is -2.06. The fraction of sp³-hybridized carbons (Fsp3) is 0.214. The minimum atomic E-state index is -0.301. The molecule has 20 heavy (non-hydrogen) atoms. The van der Waals surface area contributed by atoms with E-state index in [2.05, 4.69) is 5.10 Å². The summed E-state index contributed by atoms with van der Waals surface area (Å²) < 4.78 is 11.7. The van der Waals surface area contributed by atoms with Crippen LogP contribution in [0, 0.1) is 0 Å². The summed E-state index contributed by atoms with van der Waals surface area (Å²) >= 11 is 0. The highest BCUT2D eigenvalue weighted by Gasteiger charge is 2.14. The van der Waals surface area contributed by atoms with Crippen LogP contribution in [0.2, 0.25) is 0 Å². The SMILES string of the molecule is CC(=O)Cn1nc(-c2ccc3c(c2)OCO3)ccc1=O. The molecule has 3 rings (SSSR count). The molecule has 0 fully saturated rings. The number of fused-ring (bicyclic) bond motifs is 1. The molecule has 1 aliphatic rings. The highest BCUT2D eigenvalue weighted by molar-refractivity contribution is 5.75. The van der Waals surface area contributed by atoms with Gasteiger partial charge < -0.3 is 9.47 Å². The summed E-state index contributed by atoms with van der Waals surface area (Å²) in [5.41, 5.74) is 1.10. The number of hydrogen-bond donors (Lipinski definition) is 0. The lowest BCUT2D eigenvalue weighted by molar-refractivity contribution is -0.117. The summed E-state index contributed by atoms with van der Waals surface area (Å²) in [5.74, 6) is 1.21. The predicted molar refractivity (Wildman–Crippen MR) is 70.7 cm³/mol.